The Bertz CT molecular complexity index is 409. The van der Waals surface area contributed by atoms with Gasteiger partial charge >= 0.3 is 5.97 Å². The van der Waals surface area contributed by atoms with Crippen LogP contribution >= 0.6 is 0 Å². The molecule has 0 heterocycles. The third kappa shape index (κ3) is 3.70. The molecule has 1 rings (SSSR count). The average Bonchev–Trinajstić information content (AvgIpc) is 2.37. The van der Waals surface area contributed by atoms with Crippen LogP contribution in [0.3, 0.4) is 0 Å². The van der Waals surface area contributed by atoms with Gasteiger partial charge in [-0.25, -0.2) is 9.18 Å². The summed E-state index contributed by atoms with van der Waals surface area (Å²) in [5.74, 6) is -0.391. The molecule has 0 aliphatic carbocycles. The van der Waals surface area contributed by atoms with Gasteiger partial charge in [-0.3, -0.25) is 0 Å². The van der Waals surface area contributed by atoms with Crippen LogP contribution in [0.4, 0.5) is 4.39 Å². The second-order valence-electron chi connectivity index (χ2n) is 3.72. The van der Waals surface area contributed by atoms with Crippen molar-refractivity contribution in [3.63, 3.8) is 0 Å². The molecule has 1 unspecified atom stereocenters. The van der Waals surface area contributed by atoms with E-state index in [0.29, 0.717) is 24.3 Å². The summed E-state index contributed by atoms with van der Waals surface area (Å²) in [6.07, 6.45) is -0.221. The highest BCUT2D eigenvalue weighted by atomic mass is 19.1. The zero-order valence-electron chi connectivity index (χ0n) is 10.6. The quantitative estimate of drug-likeness (QED) is 0.790. The summed E-state index contributed by atoms with van der Waals surface area (Å²) in [6.45, 7) is 3.99. The zero-order chi connectivity index (χ0) is 13.5. The molecule has 4 nitrogen and oxygen atoms in total. The maximum Gasteiger partial charge on any atom is 0.347 e. The number of esters is 1. The molecule has 0 amide bonds. The molecule has 18 heavy (non-hydrogen) atoms. The molecule has 0 fully saturated rings. The van der Waals surface area contributed by atoms with Gasteiger partial charge in [0, 0.05) is 12.1 Å². The van der Waals surface area contributed by atoms with Crippen molar-refractivity contribution in [2.75, 3.05) is 6.61 Å². The fraction of sp³-hybridized carbons (Fsp3) is 0.462. The van der Waals surface area contributed by atoms with Crippen LogP contribution in [0, 0.1) is 5.82 Å². The predicted octanol–water partition coefficient (Wildman–Crippen LogP) is 2.00. The van der Waals surface area contributed by atoms with Crippen molar-refractivity contribution in [1.82, 2.24) is 0 Å². The average molecular weight is 255 g/mol. The molecule has 0 aromatic heterocycles. The zero-order valence-corrected chi connectivity index (χ0v) is 10.6. The van der Waals surface area contributed by atoms with Gasteiger partial charge in [-0.15, -0.1) is 0 Å². The van der Waals surface area contributed by atoms with Crippen molar-refractivity contribution in [2.24, 2.45) is 5.73 Å². The maximum atomic E-state index is 13.0. The van der Waals surface area contributed by atoms with Gasteiger partial charge in [-0.2, -0.15) is 0 Å². The van der Waals surface area contributed by atoms with Gasteiger partial charge in [0.2, 0.25) is 0 Å². The Morgan fingerprint density at radius 3 is 2.72 bits per heavy atom. The Balaban J connectivity index is 2.84. The fourth-order valence-electron chi connectivity index (χ4n) is 1.51. The van der Waals surface area contributed by atoms with E-state index in [9.17, 15) is 9.18 Å². The van der Waals surface area contributed by atoms with Gasteiger partial charge in [-0.05, 0) is 31.5 Å². The second-order valence-corrected chi connectivity index (χ2v) is 3.72. The maximum absolute atomic E-state index is 13.0. The molecule has 0 saturated carbocycles. The van der Waals surface area contributed by atoms with Crippen LogP contribution in [0.1, 0.15) is 25.8 Å². The number of halogens is 1. The SMILES string of the molecule is CCOC(=O)C(CC)Oc1ccc(F)cc1CN. The Hall–Kier alpha value is -1.62. The first-order valence-electron chi connectivity index (χ1n) is 5.94. The van der Waals surface area contributed by atoms with E-state index in [1.54, 1.807) is 6.92 Å². The van der Waals surface area contributed by atoms with Crippen molar-refractivity contribution in [3.05, 3.63) is 29.6 Å². The lowest BCUT2D eigenvalue weighted by molar-refractivity contribution is -0.151. The number of hydrogen-bond acceptors (Lipinski definition) is 4. The first-order valence-corrected chi connectivity index (χ1v) is 5.94. The number of rotatable bonds is 6. The Morgan fingerprint density at radius 1 is 1.44 bits per heavy atom. The van der Waals surface area contributed by atoms with Crippen LogP contribution in [0.5, 0.6) is 5.75 Å². The molecule has 1 atom stereocenters. The lowest BCUT2D eigenvalue weighted by atomic mass is 10.2. The standard InChI is InChI=1S/C13H18FNO3/c1-3-11(13(16)17-4-2)18-12-6-5-10(14)7-9(12)8-15/h5-7,11H,3-4,8,15H2,1-2H3. The minimum absolute atomic E-state index is 0.145. The van der Waals surface area contributed by atoms with Crippen LogP contribution in [0.25, 0.3) is 0 Å². The van der Waals surface area contributed by atoms with Gasteiger partial charge in [0.15, 0.2) is 6.10 Å². The number of nitrogens with two attached hydrogens (primary N) is 1. The van der Waals surface area contributed by atoms with E-state index < -0.39 is 12.1 Å². The van der Waals surface area contributed by atoms with Crippen molar-refractivity contribution < 1.29 is 18.7 Å². The number of carbonyl (C=O) groups is 1. The highest BCUT2D eigenvalue weighted by Crippen LogP contribution is 2.21. The molecule has 1 aromatic rings. The van der Waals surface area contributed by atoms with Gasteiger partial charge in [0.1, 0.15) is 11.6 Å². The number of hydrogen-bond donors (Lipinski definition) is 1. The third-order valence-corrected chi connectivity index (χ3v) is 2.43. The summed E-state index contributed by atoms with van der Waals surface area (Å²) in [5.41, 5.74) is 6.03. The summed E-state index contributed by atoms with van der Waals surface area (Å²) in [6, 6.07) is 4.04. The molecular weight excluding hydrogens is 237 g/mol. The summed E-state index contributed by atoms with van der Waals surface area (Å²) in [4.78, 5) is 11.6. The topological polar surface area (TPSA) is 61.5 Å². The molecular formula is C13H18FNO3. The summed E-state index contributed by atoms with van der Waals surface area (Å²) >= 11 is 0. The molecule has 5 heteroatoms. The van der Waals surface area contributed by atoms with Gasteiger partial charge in [-0.1, -0.05) is 6.92 Å². The predicted molar refractivity (Wildman–Crippen MR) is 65.6 cm³/mol. The number of benzene rings is 1. The molecule has 0 spiro atoms. The minimum Gasteiger partial charge on any atom is -0.478 e. The Labute approximate surface area is 106 Å². The largest absolute Gasteiger partial charge is 0.478 e. The molecule has 0 radical (unpaired) electrons. The van der Waals surface area contributed by atoms with Gasteiger partial charge in [0.05, 0.1) is 6.61 Å². The first kappa shape index (κ1) is 14.4. The van der Waals surface area contributed by atoms with E-state index in [0.717, 1.165) is 0 Å². The fourth-order valence-corrected chi connectivity index (χ4v) is 1.51. The third-order valence-electron chi connectivity index (χ3n) is 2.43. The van der Waals surface area contributed by atoms with Gasteiger partial charge in [0.25, 0.3) is 0 Å². The lowest BCUT2D eigenvalue weighted by Gasteiger charge is -2.18. The van der Waals surface area contributed by atoms with Crippen LogP contribution in [0.15, 0.2) is 18.2 Å². The molecule has 0 saturated heterocycles. The highest BCUT2D eigenvalue weighted by Gasteiger charge is 2.20. The second kappa shape index (κ2) is 6.96. The van der Waals surface area contributed by atoms with Crippen LogP contribution in [-0.4, -0.2) is 18.7 Å². The van der Waals surface area contributed by atoms with Crippen molar-refractivity contribution in [1.29, 1.82) is 0 Å². The smallest absolute Gasteiger partial charge is 0.347 e. The molecule has 0 bridgehead atoms. The normalized spacial score (nSPS) is 12.0. The summed E-state index contributed by atoms with van der Waals surface area (Å²) < 4.78 is 23.5. The van der Waals surface area contributed by atoms with Crippen LogP contribution in [-0.2, 0) is 16.1 Å². The molecule has 100 valence electrons. The molecule has 0 aliphatic rings. The summed E-state index contributed by atoms with van der Waals surface area (Å²) in [7, 11) is 0. The van der Waals surface area contributed by atoms with Gasteiger partial charge < -0.3 is 15.2 Å². The molecule has 1 aromatic carbocycles. The molecule has 2 N–H and O–H groups in total. The van der Waals surface area contributed by atoms with E-state index in [1.165, 1.54) is 18.2 Å². The Kier molecular flexibility index (Phi) is 5.58. The lowest BCUT2D eigenvalue weighted by Crippen LogP contribution is -2.29. The number of carbonyl (C=O) groups excluding carboxylic acids is 1. The van der Waals surface area contributed by atoms with Crippen molar-refractivity contribution >= 4 is 5.97 Å². The first-order chi connectivity index (χ1) is 8.62. The van der Waals surface area contributed by atoms with E-state index in [1.807, 2.05) is 6.92 Å². The van der Waals surface area contributed by atoms with Crippen LogP contribution < -0.4 is 10.5 Å². The van der Waals surface area contributed by atoms with Crippen molar-refractivity contribution in [2.45, 2.75) is 32.9 Å². The minimum atomic E-state index is -0.694. The molecule has 0 aliphatic heterocycles. The van der Waals surface area contributed by atoms with E-state index in [4.69, 9.17) is 15.2 Å². The highest BCUT2D eigenvalue weighted by molar-refractivity contribution is 5.75. The van der Waals surface area contributed by atoms with E-state index in [2.05, 4.69) is 0 Å². The van der Waals surface area contributed by atoms with E-state index in [-0.39, 0.29) is 12.4 Å². The monoisotopic (exact) mass is 255 g/mol. The van der Waals surface area contributed by atoms with Crippen molar-refractivity contribution in [3.8, 4) is 5.75 Å². The Morgan fingerprint density at radius 2 is 2.17 bits per heavy atom. The summed E-state index contributed by atoms with van der Waals surface area (Å²) in [5, 5.41) is 0. The number of ether oxygens (including phenoxy) is 2. The van der Waals surface area contributed by atoms with E-state index >= 15 is 0 Å². The van der Waals surface area contributed by atoms with Crippen LogP contribution in [0.2, 0.25) is 0 Å².